The summed E-state index contributed by atoms with van der Waals surface area (Å²) in [7, 11) is 3.65. The summed E-state index contributed by atoms with van der Waals surface area (Å²) in [4.78, 5) is 7.16. The molecule has 0 bridgehead atoms. The van der Waals surface area contributed by atoms with Gasteiger partial charge in [0.2, 0.25) is 0 Å². The summed E-state index contributed by atoms with van der Waals surface area (Å²) < 4.78 is 12.8. The van der Waals surface area contributed by atoms with Crippen molar-refractivity contribution in [1.82, 2.24) is 30.3 Å². The van der Waals surface area contributed by atoms with Gasteiger partial charge in [0.25, 0.3) is 0 Å². The van der Waals surface area contributed by atoms with E-state index in [4.69, 9.17) is 14.5 Å². The molecule has 9 nitrogen and oxygen atoms in total. The van der Waals surface area contributed by atoms with Gasteiger partial charge in [0.05, 0.1) is 26.4 Å². The molecule has 0 saturated carbocycles. The second kappa shape index (κ2) is 12.8. The number of methoxy groups -OCH3 is 1. The van der Waals surface area contributed by atoms with E-state index < -0.39 is 0 Å². The van der Waals surface area contributed by atoms with Gasteiger partial charge in [-0.2, -0.15) is 0 Å². The van der Waals surface area contributed by atoms with Gasteiger partial charge in [-0.1, -0.05) is 12.1 Å². The minimum absolute atomic E-state index is 0. The lowest BCUT2D eigenvalue weighted by atomic mass is 10.0. The fourth-order valence-electron chi connectivity index (χ4n) is 3.45. The number of nitrogens with one attached hydrogen (secondary N) is 2. The van der Waals surface area contributed by atoms with Crippen LogP contribution < -0.4 is 15.4 Å². The first-order valence-electron chi connectivity index (χ1n) is 10.4. The molecule has 2 N–H and O–H groups in total. The van der Waals surface area contributed by atoms with E-state index in [9.17, 15) is 0 Å². The molecule has 0 spiro atoms. The standard InChI is InChI=1S/C21H33N7O2.HI/c1-5-22-21(24-15-20-26-25-16(2)27(20)3)23-14-19(28-10-12-30-13-11-28)17-6-8-18(29-4)9-7-17;/h6-9,19H,5,10-15H2,1-4H3,(H2,22,23,24);1H. The number of benzene rings is 1. The van der Waals surface area contributed by atoms with Gasteiger partial charge >= 0.3 is 0 Å². The Bertz CT molecular complexity index is 820. The van der Waals surface area contributed by atoms with Crippen LogP contribution in [-0.2, 0) is 18.3 Å². The lowest BCUT2D eigenvalue weighted by molar-refractivity contribution is 0.0170. The Labute approximate surface area is 201 Å². The summed E-state index contributed by atoms with van der Waals surface area (Å²) >= 11 is 0. The second-order valence-corrected chi connectivity index (χ2v) is 7.24. The van der Waals surface area contributed by atoms with E-state index in [0.717, 1.165) is 62.8 Å². The van der Waals surface area contributed by atoms with Crippen molar-refractivity contribution in [2.75, 3.05) is 46.5 Å². The maximum atomic E-state index is 5.55. The van der Waals surface area contributed by atoms with Crippen molar-refractivity contribution in [1.29, 1.82) is 0 Å². The summed E-state index contributed by atoms with van der Waals surface area (Å²) in [5.41, 5.74) is 1.24. The van der Waals surface area contributed by atoms with Crippen molar-refractivity contribution < 1.29 is 9.47 Å². The molecule has 1 aromatic carbocycles. The summed E-state index contributed by atoms with van der Waals surface area (Å²) in [6, 6.07) is 8.50. The number of halogens is 1. The van der Waals surface area contributed by atoms with Crippen molar-refractivity contribution in [3.63, 3.8) is 0 Å². The molecule has 1 aliphatic heterocycles. The van der Waals surface area contributed by atoms with Crippen LogP contribution in [0.3, 0.4) is 0 Å². The molecular formula is C21H34IN7O2. The number of rotatable bonds is 8. The Morgan fingerprint density at radius 2 is 1.90 bits per heavy atom. The Balaban J connectivity index is 0.00000341. The smallest absolute Gasteiger partial charge is 0.191 e. The van der Waals surface area contributed by atoms with Gasteiger partial charge in [-0.3, -0.25) is 4.90 Å². The molecular weight excluding hydrogens is 509 g/mol. The summed E-state index contributed by atoms with van der Waals surface area (Å²) in [5, 5.41) is 15.1. The van der Waals surface area contributed by atoms with Crippen molar-refractivity contribution in [2.24, 2.45) is 12.0 Å². The van der Waals surface area contributed by atoms with Gasteiger partial charge < -0.3 is 24.7 Å². The van der Waals surface area contributed by atoms with E-state index in [0.29, 0.717) is 6.54 Å². The highest BCUT2D eigenvalue weighted by atomic mass is 127. The highest BCUT2D eigenvalue weighted by Gasteiger charge is 2.23. The van der Waals surface area contributed by atoms with Crippen LogP contribution >= 0.6 is 24.0 Å². The third-order valence-corrected chi connectivity index (χ3v) is 5.36. The maximum Gasteiger partial charge on any atom is 0.191 e. The molecule has 0 radical (unpaired) electrons. The molecule has 0 amide bonds. The first-order valence-corrected chi connectivity index (χ1v) is 10.4. The minimum Gasteiger partial charge on any atom is -0.497 e. The fraction of sp³-hybridized carbons (Fsp3) is 0.571. The van der Waals surface area contributed by atoms with Crippen LogP contribution in [0, 0.1) is 6.92 Å². The van der Waals surface area contributed by atoms with Crippen LogP contribution in [0.5, 0.6) is 5.75 Å². The monoisotopic (exact) mass is 543 g/mol. The number of hydrogen-bond donors (Lipinski definition) is 2. The highest BCUT2D eigenvalue weighted by Crippen LogP contribution is 2.23. The van der Waals surface area contributed by atoms with Crippen molar-refractivity contribution >= 4 is 29.9 Å². The van der Waals surface area contributed by atoms with Gasteiger partial charge in [-0.15, -0.1) is 34.2 Å². The summed E-state index contributed by atoms with van der Waals surface area (Å²) in [6.45, 7) is 9.31. The molecule has 2 heterocycles. The number of aryl methyl sites for hydroxylation is 1. The molecule has 1 aromatic heterocycles. The van der Waals surface area contributed by atoms with E-state index in [1.807, 2.05) is 30.7 Å². The number of guanidine groups is 1. The van der Waals surface area contributed by atoms with Crippen LogP contribution in [0.2, 0.25) is 0 Å². The van der Waals surface area contributed by atoms with Crippen LogP contribution in [0.1, 0.15) is 30.2 Å². The van der Waals surface area contributed by atoms with E-state index in [-0.39, 0.29) is 30.0 Å². The fourth-order valence-corrected chi connectivity index (χ4v) is 3.45. The molecule has 1 atom stereocenters. The Kier molecular flexibility index (Phi) is 10.5. The Morgan fingerprint density at radius 1 is 1.19 bits per heavy atom. The minimum atomic E-state index is 0. The molecule has 31 heavy (non-hydrogen) atoms. The van der Waals surface area contributed by atoms with Crippen molar-refractivity contribution in [3.05, 3.63) is 41.5 Å². The van der Waals surface area contributed by atoms with Gasteiger partial charge in [0.15, 0.2) is 11.8 Å². The predicted molar refractivity (Wildman–Crippen MR) is 132 cm³/mol. The molecule has 172 valence electrons. The number of aliphatic imine (C=N–C) groups is 1. The zero-order valence-corrected chi connectivity index (χ0v) is 21.1. The van der Waals surface area contributed by atoms with E-state index in [1.165, 1.54) is 5.56 Å². The number of aromatic nitrogens is 3. The van der Waals surface area contributed by atoms with Gasteiger partial charge in [0, 0.05) is 33.2 Å². The third kappa shape index (κ3) is 7.04. The molecule has 1 aliphatic rings. The molecule has 1 saturated heterocycles. The molecule has 2 aromatic rings. The van der Waals surface area contributed by atoms with Crippen LogP contribution in [-0.4, -0.2) is 72.1 Å². The number of hydrogen-bond acceptors (Lipinski definition) is 6. The van der Waals surface area contributed by atoms with Crippen LogP contribution in [0.15, 0.2) is 29.3 Å². The third-order valence-electron chi connectivity index (χ3n) is 5.36. The second-order valence-electron chi connectivity index (χ2n) is 7.24. The van der Waals surface area contributed by atoms with Gasteiger partial charge in [-0.05, 0) is 31.5 Å². The SMILES string of the molecule is CCNC(=NCc1nnc(C)n1C)NCC(c1ccc(OC)cc1)N1CCOCC1.I. The number of nitrogens with zero attached hydrogens (tertiary/aromatic N) is 5. The van der Waals surface area contributed by atoms with Crippen LogP contribution in [0.25, 0.3) is 0 Å². The Hall–Kier alpha value is -1.92. The average molecular weight is 543 g/mol. The zero-order chi connectivity index (χ0) is 21.3. The first kappa shape index (κ1) is 25.3. The molecule has 10 heteroatoms. The quantitative estimate of drug-likeness (QED) is 0.299. The zero-order valence-electron chi connectivity index (χ0n) is 18.8. The molecule has 1 unspecified atom stereocenters. The van der Waals surface area contributed by atoms with Gasteiger partial charge in [0.1, 0.15) is 18.1 Å². The molecule has 1 fully saturated rings. The lowest BCUT2D eigenvalue weighted by Gasteiger charge is -2.35. The van der Waals surface area contributed by atoms with Gasteiger partial charge in [-0.25, -0.2) is 4.99 Å². The topological polar surface area (TPSA) is 88.8 Å². The predicted octanol–water partition coefficient (Wildman–Crippen LogP) is 1.88. The molecule has 0 aliphatic carbocycles. The van der Waals surface area contributed by atoms with Crippen molar-refractivity contribution in [2.45, 2.75) is 26.4 Å². The van der Waals surface area contributed by atoms with E-state index in [2.05, 4.69) is 44.8 Å². The summed E-state index contributed by atoms with van der Waals surface area (Å²) in [6.07, 6.45) is 0. The van der Waals surface area contributed by atoms with Crippen molar-refractivity contribution in [3.8, 4) is 5.75 Å². The number of ether oxygens (including phenoxy) is 2. The average Bonchev–Trinajstić information content (AvgIpc) is 3.11. The number of morpholine rings is 1. The highest BCUT2D eigenvalue weighted by molar-refractivity contribution is 14.0. The molecule has 3 rings (SSSR count). The lowest BCUT2D eigenvalue weighted by Crippen LogP contribution is -2.46. The largest absolute Gasteiger partial charge is 0.497 e. The normalized spacial score (nSPS) is 15.8. The first-order chi connectivity index (χ1) is 14.6. The Morgan fingerprint density at radius 3 is 2.48 bits per heavy atom. The maximum absolute atomic E-state index is 5.55. The van der Waals surface area contributed by atoms with E-state index in [1.54, 1.807) is 7.11 Å². The summed E-state index contributed by atoms with van der Waals surface area (Å²) in [5.74, 6) is 3.35. The van der Waals surface area contributed by atoms with Crippen LogP contribution in [0.4, 0.5) is 0 Å². The van der Waals surface area contributed by atoms with E-state index >= 15 is 0 Å².